The highest BCUT2D eigenvalue weighted by molar-refractivity contribution is 6.08. The van der Waals surface area contributed by atoms with Crippen molar-refractivity contribution < 1.29 is 9.84 Å². The van der Waals surface area contributed by atoms with Gasteiger partial charge in [0.05, 0.1) is 36.5 Å². The molecule has 0 aromatic carbocycles. The Labute approximate surface area is 205 Å². The third-order valence-corrected chi connectivity index (χ3v) is 5.81. The Bertz CT molecular complexity index is 1180. The van der Waals surface area contributed by atoms with Crippen LogP contribution in [0.15, 0.2) is 42.9 Å². The summed E-state index contributed by atoms with van der Waals surface area (Å²) in [6.07, 6.45) is 5.96. The Balaban J connectivity index is 1.43. The number of anilines is 2. The van der Waals surface area contributed by atoms with Gasteiger partial charge in [-0.1, -0.05) is 13.8 Å². The minimum absolute atomic E-state index is 0.350. The summed E-state index contributed by atoms with van der Waals surface area (Å²) in [4.78, 5) is 11.4. The highest BCUT2D eigenvalue weighted by Crippen LogP contribution is 2.21. The second kappa shape index (κ2) is 11.8. The number of rotatable bonds is 10. The van der Waals surface area contributed by atoms with E-state index in [4.69, 9.17) is 10.1 Å². The maximum absolute atomic E-state index is 10.3. The van der Waals surface area contributed by atoms with Crippen LogP contribution < -0.4 is 10.6 Å². The van der Waals surface area contributed by atoms with Gasteiger partial charge in [0, 0.05) is 55.9 Å². The molecule has 1 saturated heterocycles. The fourth-order valence-electron chi connectivity index (χ4n) is 3.78. The smallest absolute Gasteiger partial charge is 0.154 e. The zero-order valence-corrected chi connectivity index (χ0v) is 20.1. The number of nitrogens with zero attached hydrogens (tertiary/aromatic N) is 5. The van der Waals surface area contributed by atoms with Crippen LogP contribution in [-0.2, 0) is 4.74 Å². The van der Waals surface area contributed by atoms with E-state index in [1.54, 1.807) is 18.6 Å². The molecule has 0 aliphatic carbocycles. The molecule has 10 nitrogen and oxygen atoms in total. The lowest BCUT2D eigenvalue weighted by atomic mass is 10.1. The van der Waals surface area contributed by atoms with Crippen LogP contribution in [-0.4, -0.2) is 81.9 Å². The normalized spacial score (nSPS) is 15.8. The fourth-order valence-corrected chi connectivity index (χ4v) is 3.78. The van der Waals surface area contributed by atoms with Crippen LogP contribution in [0.2, 0.25) is 0 Å². The monoisotopic (exact) mass is 476 g/mol. The Morgan fingerprint density at radius 2 is 2.00 bits per heavy atom. The van der Waals surface area contributed by atoms with E-state index in [9.17, 15) is 5.11 Å². The number of aromatic nitrogens is 4. The van der Waals surface area contributed by atoms with Gasteiger partial charge in [-0.05, 0) is 35.7 Å². The first-order valence-electron chi connectivity index (χ1n) is 11.8. The SMILES string of the molecule is CC(C)c1cnnc(Nc2ccc3ncc(/C(C=N)=C/NCC(O)CN4CCOCC4)cc3n2)c1. The van der Waals surface area contributed by atoms with Gasteiger partial charge in [0.15, 0.2) is 5.82 Å². The lowest BCUT2D eigenvalue weighted by molar-refractivity contribution is 0.0155. The molecule has 0 spiro atoms. The first kappa shape index (κ1) is 24.6. The minimum Gasteiger partial charge on any atom is -0.390 e. The van der Waals surface area contributed by atoms with Crippen LogP contribution in [0.5, 0.6) is 0 Å². The van der Waals surface area contributed by atoms with Crippen molar-refractivity contribution in [2.45, 2.75) is 25.9 Å². The molecule has 0 bridgehead atoms. The van der Waals surface area contributed by atoms with Crippen molar-refractivity contribution in [3.8, 4) is 0 Å². The molecule has 10 heteroatoms. The van der Waals surface area contributed by atoms with E-state index in [1.807, 2.05) is 24.3 Å². The van der Waals surface area contributed by atoms with Crippen molar-refractivity contribution in [1.82, 2.24) is 30.4 Å². The Morgan fingerprint density at radius 3 is 2.77 bits per heavy atom. The second-order valence-corrected chi connectivity index (χ2v) is 8.83. The van der Waals surface area contributed by atoms with Gasteiger partial charge >= 0.3 is 0 Å². The number of β-amino-alcohol motifs (C(OH)–C–C–N with tert-alkyl or cyclic N) is 1. The molecule has 184 valence electrons. The quantitative estimate of drug-likeness (QED) is 0.326. The molecule has 4 heterocycles. The Morgan fingerprint density at radius 1 is 1.17 bits per heavy atom. The average Bonchev–Trinajstić information content (AvgIpc) is 2.87. The van der Waals surface area contributed by atoms with E-state index in [1.165, 1.54) is 6.21 Å². The molecule has 3 aromatic heterocycles. The summed E-state index contributed by atoms with van der Waals surface area (Å²) in [5.41, 5.74) is 3.94. The number of nitrogens with one attached hydrogen (secondary N) is 3. The number of ether oxygens (including phenoxy) is 1. The van der Waals surface area contributed by atoms with Crippen LogP contribution in [0.3, 0.4) is 0 Å². The summed E-state index contributed by atoms with van der Waals surface area (Å²) in [6, 6.07) is 7.60. The van der Waals surface area contributed by atoms with Crippen molar-refractivity contribution in [3.63, 3.8) is 0 Å². The van der Waals surface area contributed by atoms with Gasteiger partial charge in [-0.25, -0.2) is 4.98 Å². The molecule has 1 aliphatic rings. The predicted molar refractivity (Wildman–Crippen MR) is 137 cm³/mol. The first-order valence-corrected chi connectivity index (χ1v) is 11.8. The number of allylic oxidation sites excluding steroid dienone is 1. The third kappa shape index (κ3) is 6.78. The van der Waals surface area contributed by atoms with E-state index in [0.717, 1.165) is 29.7 Å². The van der Waals surface area contributed by atoms with Crippen LogP contribution in [0, 0.1) is 5.41 Å². The van der Waals surface area contributed by atoms with Crippen molar-refractivity contribution in [2.75, 3.05) is 44.7 Å². The van der Waals surface area contributed by atoms with E-state index in [-0.39, 0.29) is 0 Å². The summed E-state index contributed by atoms with van der Waals surface area (Å²) >= 11 is 0. The zero-order valence-electron chi connectivity index (χ0n) is 20.1. The lowest BCUT2D eigenvalue weighted by Gasteiger charge is -2.28. The molecule has 0 radical (unpaired) electrons. The highest BCUT2D eigenvalue weighted by atomic mass is 16.5. The predicted octanol–water partition coefficient (Wildman–Crippen LogP) is 2.56. The Hall–Kier alpha value is -3.47. The standard InChI is InChI=1S/C25H32N8O2/c1-17(2)18-10-25(32-29-14-18)31-24-4-3-22-23(30-24)9-19(13-28-22)20(11-26)12-27-15-21(34)16-33-5-7-35-8-6-33/h3-4,9-14,17,21,26-27,34H,5-8,15-16H2,1-2H3,(H,30,31,32)/b20-12+,26-11?. The van der Waals surface area contributed by atoms with E-state index in [0.29, 0.717) is 54.9 Å². The van der Waals surface area contributed by atoms with Gasteiger partial charge < -0.3 is 25.9 Å². The number of hydrogen-bond acceptors (Lipinski definition) is 10. The third-order valence-electron chi connectivity index (χ3n) is 5.81. The molecule has 4 N–H and O–H groups in total. The number of aliphatic hydroxyl groups excluding tert-OH is 1. The van der Waals surface area contributed by atoms with Crippen LogP contribution in [0.25, 0.3) is 16.6 Å². The molecule has 35 heavy (non-hydrogen) atoms. The maximum atomic E-state index is 10.3. The largest absolute Gasteiger partial charge is 0.390 e. The summed E-state index contributed by atoms with van der Waals surface area (Å²) in [6.45, 7) is 8.27. The van der Waals surface area contributed by atoms with Crippen LogP contribution >= 0.6 is 0 Å². The number of hydrogen-bond donors (Lipinski definition) is 4. The molecule has 1 atom stereocenters. The number of fused-ring (bicyclic) bond motifs is 1. The van der Waals surface area contributed by atoms with Gasteiger partial charge in [-0.2, -0.15) is 5.10 Å². The Kier molecular flexibility index (Phi) is 8.30. The molecule has 0 amide bonds. The van der Waals surface area contributed by atoms with Gasteiger partial charge in [0.2, 0.25) is 0 Å². The summed E-state index contributed by atoms with van der Waals surface area (Å²) in [5.74, 6) is 1.62. The molecule has 3 aromatic rings. The molecule has 1 fully saturated rings. The average molecular weight is 477 g/mol. The molecule has 4 rings (SSSR count). The zero-order chi connectivity index (χ0) is 24.6. The van der Waals surface area contributed by atoms with Gasteiger partial charge in [-0.15, -0.1) is 5.10 Å². The number of pyridine rings is 2. The van der Waals surface area contributed by atoms with E-state index in [2.05, 4.69) is 49.5 Å². The molecule has 1 aliphatic heterocycles. The van der Waals surface area contributed by atoms with Gasteiger partial charge in [0.25, 0.3) is 0 Å². The molecule has 1 unspecified atom stereocenters. The molecular weight excluding hydrogens is 444 g/mol. The van der Waals surface area contributed by atoms with Crippen molar-refractivity contribution >= 4 is 34.5 Å². The summed E-state index contributed by atoms with van der Waals surface area (Å²) in [5, 5.41) is 32.7. The van der Waals surface area contributed by atoms with Crippen molar-refractivity contribution in [3.05, 3.63) is 54.0 Å². The maximum Gasteiger partial charge on any atom is 0.154 e. The second-order valence-electron chi connectivity index (χ2n) is 8.83. The molecular formula is C25H32N8O2. The van der Waals surface area contributed by atoms with Crippen molar-refractivity contribution in [2.24, 2.45) is 0 Å². The molecule has 0 saturated carbocycles. The number of morpholine rings is 1. The highest BCUT2D eigenvalue weighted by Gasteiger charge is 2.14. The van der Waals surface area contributed by atoms with E-state index >= 15 is 0 Å². The van der Waals surface area contributed by atoms with Crippen molar-refractivity contribution in [1.29, 1.82) is 5.41 Å². The topological polar surface area (TPSA) is 132 Å². The fraction of sp³-hybridized carbons (Fsp3) is 0.400. The van der Waals surface area contributed by atoms with Crippen LogP contribution in [0.4, 0.5) is 11.6 Å². The van der Waals surface area contributed by atoms with Gasteiger partial charge in [-0.3, -0.25) is 9.88 Å². The first-order chi connectivity index (χ1) is 17.0. The van der Waals surface area contributed by atoms with Gasteiger partial charge in [0.1, 0.15) is 5.82 Å². The van der Waals surface area contributed by atoms with Crippen LogP contribution in [0.1, 0.15) is 30.9 Å². The summed E-state index contributed by atoms with van der Waals surface area (Å²) < 4.78 is 5.34. The summed E-state index contributed by atoms with van der Waals surface area (Å²) in [7, 11) is 0. The van der Waals surface area contributed by atoms with E-state index < -0.39 is 6.10 Å². The lowest BCUT2D eigenvalue weighted by Crippen LogP contribution is -2.43. The minimum atomic E-state index is -0.515. The number of aliphatic hydroxyl groups is 1.